The number of aliphatic hydroxyl groups excluding tert-OH is 1. The summed E-state index contributed by atoms with van der Waals surface area (Å²) in [6, 6.07) is 0. The molecule has 1 aliphatic rings. The van der Waals surface area contributed by atoms with E-state index < -0.39 is 0 Å². The Balaban J connectivity index is 1.90. The summed E-state index contributed by atoms with van der Waals surface area (Å²) in [4.78, 5) is 2.42. The maximum absolute atomic E-state index is 8.99. The first-order chi connectivity index (χ1) is 8.33. The van der Waals surface area contributed by atoms with Gasteiger partial charge < -0.3 is 10.4 Å². The summed E-state index contributed by atoms with van der Waals surface area (Å²) < 4.78 is 3.98. The van der Waals surface area contributed by atoms with Crippen molar-refractivity contribution in [3.63, 3.8) is 0 Å². The van der Waals surface area contributed by atoms with Crippen molar-refractivity contribution in [2.75, 3.05) is 32.1 Å². The van der Waals surface area contributed by atoms with Crippen molar-refractivity contribution in [2.45, 2.75) is 25.8 Å². The number of rotatable bonds is 5. The van der Waals surface area contributed by atoms with Gasteiger partial charge in [0.25, 0.3) is 0 Å². The maximum Gasteiger partial charge on any atom is 0.134 e. The lowest BCUT2D eigenvalue weighted by molar-refractivity contribution is 0.141. The van der Waals surface area contributed by atoms with E-state index in [2.05, 4.69) is 19.8 Å². The van der Waals surface area contributed by atoms with Crippen molar-refractivity contribution in [3.05, 3.63) is 5.69 Å². The fourth-order valence-corrected chi connectivity index (χ4v) is 2.95. The first-order valence-corrected chi connectivity index (χ1v) is 6.93. The molecule has 2 rings (SSSR count). The third kappa shape index (κ3) is 3.37. The average Bonchev–Trinajstić information content (AvgIpc) is 2.77. The highest BCUT2D eigenvalue weighted by Gasteiger charge is 2.21. The summed E-state index contributed by atoms with van der Waals surface area (Å²) in [5, 5.41) is 17.4. The molecular formula is C11H20N4OS. The molecule has 2 heterocycles. The lowest BCUT2D eigenvalue weighted by atomic mass is 9.95. The smallest absolute Gasteiger partial charge is 0.134 e. The molecule has 96 valence electrons. The molecule has 1 aliphatic heterocycles. The molecule has 1 fully saturated rings. The van der Waals surface area contributed by atoms with E-state index in [1.165, 1.54) is 24.4 Å². The molecule has 17 heavy (non-hydrogen) atoms. The highest BCUT2D eigenvalue weighted by atomic mass is 32.1. The quantitative estimate of drug-likeness (QED) is 0.828. The number of piperidine rings is 1. The lowest BCUT2D eigenvalue weighted by Crippen LogP contribution is -2.35. The van der Waals surface area contributed by atoms with Crippen LogP contribution in [0.15, 0.2) is 0 Å². The minimum atomic E-state index is 0.304. The van der Waals surface area contributed by atoms with Gasteiger partial charge in [-0.25, -0.2) is 0 Å². The van der Waals surface area contributed by atoms with E-state index >= 15 is 0 Å². The zero-order valence-corrected chi connectivity index (χ0v) is 11.0. The van der Waals surface area contributed by atoms with Gasteiger partial charge in [-0.1, -0.05) is 4.49 Å². The number of nitrogens with zero attached hydrogens (tertiary/aromatic N) is 3. The summed E-state index contributed by atoms with van der Waals surface area (Å²) in [5.74, 6) is 0.637. The van der Waals surface area contributed by atoms with Crippen LogP contribution < -0.4 is 5.32 Å². The highest BCUT2D eigenvalue weighted by molar-refractivity contribution is 7.10. The Bertz CT molecular complexity index is 342. The standard InChI is InChI=1S/C11H20N4OS/c1-12-11-10(13-14-17-11)8-15-5-2-3-9(7-15)4-6-16/h9,12,16H,2-8H2,1H3. The normalized spacial score (nSPS) is 21.6. The van der Waals surface area contributed by atoms with E-state index in [1.807, 2.05) is 7.05 Å². The fraction of sp³-hybridized carbons (Fsp3) is 0.818. The average molecular weight is 256 g/mol. The monoisotopic (exact) mass is 256 g/mol. The number of nitrogens with one attached hydrogen (secondary N) is 1. The Hall–Kier alpha value is -0.720. The van der Waals surface area contributed by atoms with Crippen LogP contribution in [0, 0.1) is 5.92 Å². The summed E-state index contributed by atoms with van der Waals surface area (Å²) in [7, 11) is 1.91. The lowest BCUT2D eigenvalue weighted by Gasteiger charge is -2.32. The van der Waals surface area contributed by atoms with Gasteiger partial charge in [0.15, 0.2) is 0 Å². The minimum absolute atomic E-state index is 0.304. The summed E-state index contributed by atoms with van der Waals surface area (Å²) in [6.07, 6.45) is 3.38. The molecule has 0 saturated carbocycles. The van der Waals surface area contributed by atoms with Crippen molar-refractivity contribution < 1.29 is 5.11 Å². The molecule has 6 heteroatoms. The Morgan fingerprint density at radius 1 is 1.59 bits per heavy atom. The van der Waals surface area contributed by atoms with Crippen molar-refractivity contribution in [2.24, 2.45) is 5.92 Å². The Morgan fingerprint density at radius 2 is 2.47 bits per heavy atom. The zero-order chi connectivity index (χ0) is 12.1. The Labute approximate surface area is 106 Å². The van der Waals surface area contributed by atoms with Gasteiger partial charge in [0, 0.05) is 38.3 Å². The first-order valence-electron chi connectivity index (χ1n) is 6.15. The van der Waals surface area contributed by atoms with Crippen LogP contribution in [0.3, 0.4) is 0 Å². The summed E-state index contributed by atoms with van der Waals surface area (Å²) in [6.45, 7) is 3.37. The number of anilines is 1. The molecule has 1 unspecified atom stereocenters. The molecule has 0 aromatic carbocycles. The number of hydrogen-bond acceptors (Lipinski definition) is 6. The zero-order valence-electron chi connectivity index (χ0n) is 10.2. The van der Waals surface area contributed by atoms with Crippen LogP contribution in [-0.4, -0.2) is 46.3 Å². The molecule has 0 spiro atoms. The van der Waals surface area contributed by atoms with Gasteiger partial charge in [0.2, 0.25) is 0 Å². The molecule has 0 aliphatic carbocycles. The van der Waals surface area contributed by atoms with Crippen LogP contribution >= 0.6 is 11.5 Å². The highest BCUT2D eigenvalue weighted by Crippen LogP contribution is 2.23. The largest absolute Gasteiger partial charge is 0.396 e. The second-order valence-electron chi connectivity index (χ2n) is 4.55. The van der Waals surface area contributed by atoms with Gasteiger partial charge in [0.1, 0.15) is 10.7 Å². The third-order valence-corrected chi connectivity index (χ3v) is 4.08. The number of hydrogen-bond donors (Lipinski definition) is 2. The van der Waals surface area contributed by atoms with E-state index in [0.717, 1.165) is 36.8 Å². The topological polar surface area (TPSA) is 61.3 Å². The van der Waals surface area contributed by atoms with Gasteiger partial charge in [-0.2, -0.15) is 0 Å². The Morgan fingerprint density at radius 3 is 3.24 bits per heavy atom. The molecule has 1 aromatic heterocycles. The van der Waals surface area contributed by atoms with Crippen LogP contribution in [0.2, 0.25) is 0 Å². The second kappa shape index (κ2) is 6.28. The molecule has 0 amide bonds. The molecule has 1 saturated heterocycles. The SMILES string of the molecule is CNc1snnc1CN1CCCC(CCO)C1. The number of aliphatic hydroxyl groups is 1. The summed E-state index contributed by atoms with van der Waals surface area (Å²) >= 11 is 1.41. The van der Waals surface area contributed by atoms with Crippen LogP contribution in [0.5, 0.6) is 0 Å². The predicted octanol–water partition coefficient (Wildman–Crippen LogP) is 1.17. The van der Waals surface area contributed by atoms with Crippen molar-refractivity contribution in [3.8, 4) is 0 Å². The van der Waals surface area contributed by atoms with Gasteiger partial charge >= 0.3 is 0 Å². The number of likely N-dealkylation sites (tertiary alicyclic amines) is 1. The van der Waals surface area contributed by atoms with Gasteiger partial charge in [-0.05, 0) is 31.7 Å². The van der Waals surface area contributed by atoms with Gasteiger partial charge in [-0.3, -0.25) is 4.90 Å². The van der Waals surface area contributed by atoms with Crippen molar-refractivity contribution in [1.29, 1.82) is 0 Å². The van der Waals surface area contributed by atoms with Crippen LogP contribution in [0.4, 0.5) is 5.00 Å². The molecule has 1 aromatic rings. The Kier molecular flexibility index (Phi) is 4.70. The van der Waals surface area contributed by atoms with E-state index in [-0.39, 0.29) is 0 Å². The molecule has 0 radical (unpaired) electrons. The van der Waals surface area contributed by atoms with E-state index in [9.17, 15) is 0 Å². The van der Waals surface area contributed by atoms with Crippen LogP contribution in [-0.2, 0) is 6.54 Å². The fourth-order valence-electron chi connectivity index (χ4n) is 2.43. The van der Waals surface area contributed by atoms with Gasteiger partial charge in [-0.15, -0.1) is 5.10 Å². The third-order valence-electron chi connectivity index (χ3n) is 3.30. The molecule has 1 atom stereocenters. The van der Waals surface area contributed by atoms with Crippen LogP contribution in [0.1, 0.15) is 25.0 Å². The maximum atomic E-state index is 8.99. The van der Waals surface area contributed by atoms with E-state index in [1.54, 1.807) is 0 Å². The van der Waals surface area contributed by atoms with Crippen molar-refractivity contribution in [1.82, 2.24) is 14.5 Å². The van der Waals surface area contributed by atoms with Crippen molar-refractivity contribution >= 4 is 16.5 Å². The summed E-state index contributed by atoms with van der Waals surface area (Å²) in [5.41, 5.74) is 1.04. The minimum Gasteiger partial charge on any atom is -0.396 e. The van der Waals surface area contributed by atoms with Crippen LogP contribution in [0.25, 0.3) is 0 Å². The second-order valence-corrected chi connectivity index (χ2v) is 5.31. The molecule has 5 nitrogen and oxygen atoms in total. The van der Waals surface area contributed by atoms with Gasteiger partial charge in [0.05, 0.1) is 0 Å². The molecule has 2 N–H and O–H groups in total. The van der Waals surface area contributed by atoms with E-state index in [4.69, 9.17) is 5.11 Å². The predicted molar refractivity (Wildman–Crippen MR) is 69.2 cm³/mol. The van der Waals surface area contributed by atoms with E-state index in [0.29, 0.717) is 12.5 Å². The molecular weight excluding hydrogens is 236 g/mol. The first kappa shape index (κ1) is 12.7. The number of aromatic nitrogens is 2. The molecule has 0 bridgehead atoms.